The summed E-state index contributed by atoms with van der Waals surface area (Å²) in [4.78, 5) is 3.99. The van der Waals surface area contributed by atoms with Crippen molar-refractivity contribution < 1.29 is 14.2 Å². The van der Waals surface area contributed by atoms with Crippen molar-refractivity contribution in [1.29, 1.82) is 0 Å². The third kappa shape index (κ3) is 2.60. The summed E-state index contributed by atoms with van der Waals surface area (Å²) >= 11 is 0. The minimum Gasteiger partial charge on any atom is -0.436 e. The first-order chi connectivity index (χ1) is 8.18. The van der Waals surface area contributed by atoms with Gasteiger partial charge in [-0.3, -0.25) is 0 Å². The Morgan fingerprint density at radius 2 is 2.00 bits per heavy atom. The van der Waals surface area contributed by atoms with Gasteiger partial charge in [0.2, 0.25) is 5.88 Å². The third-order valence-electron chi connectivity index (χ3n) is 2.29. The van der Waals surface area contributed by atoms with Crippen molar-refractivity contribution in [3.05, 3.63) is 54.0 Å². The highest BCUT2D eigenvalue weighted by molar-refractivity contribution is 5.33. The van der Waals surface area contributed by atoms with Crippen LogP contribution in [0, 0.1) is 5.82 Å². The molecule has 1 aromatic heterocycles. The van der Waals surface area contributed by atoms with Crippen molar-refractivity contribution in [2.24, 2.45) is 0 Å². The van der Waals surface area contributed by atoms with Gasteiger partial charge in [0.25, 0.3) is 0 Å². The van der Waals surface area contributed by atoms with Crippen molar-refractivity contribution in [3.63, 3.8) is 0 Å². The Labute approximate surface area is 98.5 Å². The molecule has 2 aromatic rings. The van der Waals surface area contributed by atoms with Gasteiger partial charge in [-0.1, -0.05) is 12.1 Å². The standard InChI is InChI=1S/C13H12FNO2/c1-9(16)10-5-4-8-15-13(10)17-12-7-3-2-6-11(12)14/h2-9,16H,1H3/t9-/m0/s1. The number of hydrogen-bond acceptors (Lipinski definition) is 3. The number of nitrogens with zero attached hydrogens (tertiary/aromatic N) is 1. The van der Waals surface area contributed by atoms with Gasteiger partial charge in [-0.15, -0.1) is 0 Å². The van der Waals surface area contributed by atoms with Crippen LogP contribution in [0.25, 0.3) is 0 Å². The maximum absolute atomic E-state index is 13.4. The van der Waals surface area contributed by atoms with Crippen molar-refractivity contribution in [2.75, 3.05) is 0 Å². The van der Waals surface area contributed by atoms with Gasteiger partial charge in [0.1, 0.15) is 0 Å². The van der Waals surface area contributed by atoms with E-state index in [9.17, 15) is 9.50 Å². The summed E-state index contributed by atoms with van der Waals surface area (Å²) in [6, 6.07) is 9.44. The van der Waals surface area contributed by atoms with Crippen molar-refractivity contribution in [3.8, 4) is 11.6 Å². The van der Waals surface area contributed by atoms with Gasteiger partial charge in [-0.2, -0.15) is 0 Å². The van der Waals surface area contributed by atoms with Crippen molar-refractivity contribution >= 4 is 0 Å². The van der Waals surface area contributed by atoms with E-state index < -0.39 is 11.9 Å². The molecule has 1 N–H and O–H groups in total. The Kier molecular flexibility index (Phi) is 3.35. The highest BCUT2D eigenvalue weighted by Gasteiger charge is 2.12. The van der Waals surface area contributed by atoms with E-state index in [1.165, 1.54) is 18.3 Å². The van der Waals surface area contributed by atoms with E-state index in [1.807, 2.05) is 0 Å². The summed E-state index contributed by atoms with van der Waals surface area (Å²) in [5.74, 6) is -0.157. The summed E-state index contributed by atoms with van der Waals surface area (Å²) in [5.41, 5.74) is 0.524. The van der Waals surface area contributed by atoms with E-state index in [2.05, 4.69) is 4.98 Å². The van der Waals surface area contributed by atoms with Crippen LogP contribution in [-0.4, -0.2) is 10.1 Å². The number of benzene rings is 1. The SMILES string of the molecule is C[C@H](O)c1cccnc1Oc1ccccc1F. The van der Waals surface area contributed by atoms with Gasteiger partial charge < -0.3 is 9.84 Å². The fourth-order valence-corrected chi connectivity index (χ4v) is 1.44. The maximum Gasteiger partial charge on any atom is 0.225 e. The summed E-state index contributed by atoms with van der Waals surface area (Å²) in [6.07, 6.45) is 0.813. The number of halogens is 1. The smallest absolute Gasteiger partial charge is 0.225 e. The van der Waals surface area contributed by atoms with E-state index in [-0.39, 0.29) is 11.6 Å². The third-order valence-corrected chi connectivity index (χ3v) is 2.29. The van der Waals surface area contributed by atoms with E-state index in [0.717, 1.165) is 0 Å². The lowest BCUT2D eigenvalue weighted by atomic mass is 10.2. The molecular formula is C13H12FNO2. The molecule has 0 spiro atoms. The normalized spacial score (nSPS) is 12.2. The van der Waals surface area contributed by atoms with Gasteiger partial charge in [-0.25, -0.2) is 9.37 Å². The molecule has 3 nitrogen and oxygen atoms in total. The molecule has 0 fully saturated rings. The number of pyridine rings is 1. The highest BCUT2D eigenvalue weighted by Crippen LogP contribution is 2.28. The van der Waals surface area contributed by atoms with Crippen molar-refractivity contribution in [2.45, 2.75) is 13.0 Å². The molecule has 0 aliphatic rings. The second-order valence-corrected chi connectivity index (χ2v) is 3.61. The molecule has 88 valence electrons. The molecule has 1 aromatic carbocycles. The topological polar surface area (TPSA) is 42.4 Å². The lowest BCUT2D eigenvalue weighted by Crippen LogP contribution is -1.98. The maximum atomic E-state index is 13.4. The fourth-order valence-electron chi connectivity index (χ4n) is 1.44. The second kappa shape index (κ2) is 4.93. The van der Waals surface area contributed by atoms with E-state index >= 15 is 0 Å². The molecule has 0 radical (unpaired) electrons. The molecular weight excluding hydrogens is 221 g/mol. The minimum absolute atomic E-state index is 0.0908. The van der Waals surface area contributed by atoms with Crippen LogP contribution < -0.4 is 4.74 Å². The molecule has 0 saturated carbocycles. The van der Waals surface area contributed by atoms with Crippen LogP contribution in [0.5, 0.6) is 11.6 Å². The second-order valence-electron chi connectivity index (χ2n) is 3.61. The van der Waals surface area contributed by atoms with E-state index in [4.69, 9.17) is 4.74 Å². The molecule has 0 unspecified atom stereocenters. The van der Waals surface area contributed by atoms with Gasteiger partial charge >= 0.3 is 0 Å². The first kappa shape index (κ1) is 11.5. The molecule has 1 heterocycles. The predicted molar refractivity (Wildman–Crippen MR) is 61.3 cm³/mol. The average Bonchev–Trinajstić information content (AvgIpc) is 2.32. The van der Waals surface area contributed by atoms with Gasteiger partial charge in [0.15, 0.2) is 11.6 Å². The van der Waals surface area contributed by atoms with Crippen LogP contribution in [-0.2, 0) is 0 Å². The van der Waals surface area contributed by atoms with E-state index in [0.29, 0.717) is 5.56 Å². The lowest BCUT2D eigenvalue weighted by Gasteiger charge is -2.11. The molecule has 0 saturated heterocycles. The first-order valence-electron chi connectivity index (χ1n) is 5.24. The molecule has 4 heteroatoms. The lowest BCUT2D eigenvalue weighted by molar-refractivity contribution is 0.194. The fraction of sp³-hybridized carbons (Fsp3) is 0.154. The number of aromatic nitrogens is 1. The number of aliphatic hydroxyl groups excluding tert-OH is 1. The van der Waals surface area contributed by atoms with Crippen LogP contribution >= 0.6 is 0 Å². The molecule has 0 aliphatic heterocycles. The van der Waals surface area contributed by atoms with Crippen LogP contribution in [0.1, 0.15) is 18.6 Å². The number of para-hydroxylation sites is 1. The average molecular weight is 233 g/mol. The van der Waals surface area contributed by atoms with Crippen LogP contribution in [0.15, 0.2) is 42.6 Å². The van der Waals surface area contributed by atoms with Gasteiger partial charge in [0.05, 0.1) is 6.10 Å². The quantitative estimate of drug-likeness (QED) is 0.885. The zero-order valence-corrected chi connectivity index (χ0v) is 9.30. The number of aliphatic hydroxyl groups is 1. The Hall–Kier alpha value is -1.94. The van der Waals surface area contributed by atoms with E-state index in [1.54, 1.807) is 31.2 Å². The molecule has 0 amide bonds. The Morgan fingerprint density at radius 3 is 2.71 bits per heavy atom. The Morgan fingerprint density at radius 1 is 1.24 bits per heavy atom. The first-order valence-corrected chi connectivity index (χ1v) is 5.24. The van der Waals surface area contributed by atoms with Crippen LogP contribution in [0.2, 0.25) is 0 Å². The molecule has 17 heavy (non-hydrogen) atoms. The number of rotatable bonds is 3. The summed E-state index contributed by atoms with van der Waals surface area (Å²) < 4.78 is 18.7. The highest BCUT2D eigenvalue weighted by atomic mass is 19.1. The molecule has 0 aliphatic carbocycles. The monoisotopic (exact) mass is 233 g/mol. The minimum atomic E-state index is -0.717. The van der Waals surface area contributed by atoms with Crippen molar-refractivity contribution in [1.82, 2.24) is 4.98 Å². The molecule has 0 bridgehead atoms. The molecule has 1 atom stereocenters. The summed E-state index contributed by atoms with van der Waals surface area (Å²) in [5, 5.41) is 9.54. The zero-order chi connectivity index (χ0) is 12.3. The molecule has 2 rings (SSSR count). The number of hydrogen-bond donors (Lipinski definition) is 1. The van der Waals surface area contributed by atoms with Gasteiger partial charge in [0, 0.05) is 11.8 Å². The Balaban J connectivity index is 2.34. The zero-order valence-electron chi connectivity index (χ0n) is 9.30. The number of ether oxygens (including phenoxy) is 1. The largest absolute Gasteiger partial charge is 0.436 e. The summed E-state index contributed by atoms with van der Waals surface area (Å²) in [7, 11) is 0. The summed E-state index contributed by atoms with van der Waals surface area (Å²) in [6.45, 7) is 1.60. The van der Waals surface area contributed by atoms with Crippen LogP contribution in [0.3, 0.4) is 0 Å². The van der Waals surface area contributed by atoms with Gasteiger partial charge in [-0.05, 0) is 31.2 Å². The van der Waals surface area contributed by atoms with Crippen LogP contribution in [0.4, 0.5) is 4.39 Å². The Bertz CT molecular complexity index is 514. The predicted octanol–water partition coefficient (Wildman–Crippen LogP) is 3.07.